The highest BCUT2D eigenvalue weighted by atomic mass is 16.5. The van der Waals surface area contributed by atoms with Crippen molar-refractivity contribution >= 4 is 17.7 Å². The summed E-state index contributed by atoms with van der Waals surface area (Å²) < 4.78 is 5.82. The summed E-state index contributed by atoms with van der Waals surface area (Å²) in [4.78, 5) is 38.7. The number of carbonyl (C=O) groups is 3. The summed E-state index contributed by atoms with van der Waals surface area (Å²) in [6, 6.07) is 15.9. The molecule has 7 nitrogen and oxygen atoms in total. The molecule has 0 bridgehead atoms. The Labute approximate surface area is 182 Å². The van der Waals surface area contributed by atoms with Crippen LogP contribution < -0.4 is 15.4 Å². The van der Waals surface area contributed by atoms with E-state index in [9.17, 15) is 14.4 Å². The summed E-state index contributed by atoms with van der Waals surface area (Å²) >= 11 is 0. The molecule has 0 aliphatic carbocycles. The highest BCUT2D eigenvalue weighted by molar-refractivity contribution is 5.96. The zero-order valence-corrected chi connectivity index (χ0v) is 17.8. The maximum absolute atomic E-state index is 12.4. The molecule has 1 saturated heterocycles. The molecule has 1 atom stereocenters. The number of para-hydroxylation sites is 1. The van der Waals surface area contributed by atoms with Gasteiger partial charge in [-0.3, -0.25) is 14.4 Å². The second-order valence-electron chi connectivity index (χ2n) is 7.49. The molecule has 0 radical (unpaired) electrons. The average molecular weight is 424 g/mol. The molecule has 0 aromatic heterocycles. The lowest BCUT2D eigenvalue weighted by Gasteiger charge is -2.22. The molecule has 1 aliphatic heterocycles. The highest BCUT2D eigenvalue weighted by Crippen LogP contribution is 2.27. The van der Waals surface area contributed by atoms with Gasteiger partial charge in [-0.25, -0.2) is 0 Å². The first kappa shape index (κ1) is 22.3. The Balaban J connectivity index is 1.56. The maximum atomic E-state index is 12.4. The van der Waals surface area contributed by atoms with E-state index in [1.807, 2.05) is 36.1 Å². The zero-order chi connectivity index (χ0) is 22.1. The summed E-state index contributed by atoms with van der Waals surface area (Å²) in [5.41, 5.74) is 1.31. The summed E-state index contributed by atoms with van der Waals surface area (Å²) in [5.74, 6) is -0.0319. The molecule has 1 heterocycles. The minimum Gasteiger partial charge on any atom is -0.483 e. The molecule has 1 fully saturated rings. The Bertz CT molecular complexity index is 895. The third-order valence-corrected chi connectivity index (χ3v) is 5.29. The van der Waals surface area contributed by atoms with Crippen molar-refractivity contribution in [1.82, 2.24) is 15.5 Å². The van der Waals surface area contributed by atoms with E-state index in [-0.39, 0.29) is 36.9 Å². The lowest BCUT2D eigenvalue weighted by Crippen LogP contribution is -2.38. The Kier molecular flexibility index (Phi) is 8.04. The number of ether oxygens (including phenoxy) is 1. The second kappa shape index (κ2) is 11.2. The molecular formula is C24H29N3O4. The van der Waals surface area contributed by atoms with E-state index < -0.39 is 0 Å². The van der Waals surface area contributed by atoms with Crippen LogP contribution in [0.5, 0.6) is 5.75 Å². The van der Waals surface area contributed by atoms with Gasteiger partial charge >= 0.3 is 0 Å². The van der Waals surface area contributed by atoms with Crippen LogP contribution in [0.3, 0.4) is 0 Å². The number of nitrogens with zero attached hydrogens (tertiary/aromatic N) is 1. The van der Waals surface area contributed by atoms with Crippen molar-refractivity contribution in [3.63, 3.8) is 0 Å². The summed E-state index contributed by atoms with van der Waals surface area (Å²) in [7, 11) is 0. The Hall–Kier alpha value is -3.35. The van der Waals surface area contributed by atoms with Gasteiger partial charge in [0.05, 0.1) is 12.6 Å². The number of carbonyl (C=O) groups excluding carboxylic acids is 3. The topological polar surface area (TPSA) is 87.7 Å². The predicted octanol–water partition coefficient (Wildman–Crippen LogP) is 2.69. The monoisotopic (exact) mass is 423 g/mol. The van der Waals surface area contributed by atoms with Crippen LogP contribution in [0.25, 0.3) is 0 Å². The van der Waals surface area contributed by atoms with Gasteiger partial charge in [0.25, 0.3) is 11.8 Å². The molecule has 31 heavy (non-hydrogen) atoms. The largest absolute Gasteiger partial charge is 0.483 e. The van der Waals surface area contributed by atoms with Crippen molar-refractivity contribution in [2.45, 2.75) is 32.2 Å². The van der Waals surface area contributed by atoms with Gasteiger partial charge in [0.2, 0.25) is 5.91 Å². The van der Waals surface area contributed by atoms with Gasteiger partial charge in [-0.1, -0.05) is 43.3 Å². The molecule has 0 spiro atoms. The number of likely N-dealkylation sites (tertiary alicyclic amines) is 1. The number of amides is 3. The van der Waals surface area contributed by atoms with Gasteiger partial charge in [-0.15, -0.1) is 0 Å². The molecule has 3 rings (SSSR count). The molecule has 3 amide bonds. The zero-order valence-electron chi connectivity index (χ0n) is 17.8. The fourth-order valence-electron chi connectivity index (χ4n) is 3.59. The summed E-state index contributed by atoms with van der Waals surface area (Å²) in [5, 5.41) is 5.58. The van der Waals surface area contributed by atoms with E-state index in [0.29, 0.717) is 17.7 Å². The number of nitrogens with one attached hydrogen (secondary N) is 2. The number of benzene rings is 2. The van der Waals surface area contributed by atoms with E-state index >= 15 is 0 Å². The minimum absolute atomic E-state index is 0.0193. The van der Waals surface area contributed by atoms with Crippen LogP contribution in [0.1, 0.15) is 48.1 Å². The highest BCUT2D eigenvalue weighted by Gasteiger charge is 2.21. The van der Waals surface area contributed by atoms with Crippen molar-refractivity contribution in [2.24, 2.45) is 0 Å². The van der Waals surface area contributed by atoms with E-state index in [2.05, 4.69) is 10.6 Å². The molecule has 2 N–H and O–H groups in total. The molecule has 7 heteroatoms. The van der Waals surface area contributed by atoms with Crippen LogP contribution in [0, 0.1) is 0 Å². The van der Waals surface area contributed by atoms with E-state index in [1.54, 1.807) is 30.3 Å². The summed E-state index contributed by atoms with van der Waals surface area (Å²) in [6.45, 7) is 3.38. The van der Waals surface area contributed by atoms with Gasteiger partial charge in [0.1, 0.15) is 5.75 Å². The number of rotatable bonds is 9. The Morgan fingerprint density at radius 2 is 1.68 bits per heavy atom. The Morgan fingerprint density at radius 3 is 2.39 bits per heavy atom. The van der Waals surface area contributed by atoms with Crippen LogP contribution in [0.15, 0.2) is 54.6 Å². The van der Waals surface area contributed by atoms with Crippen LogP contribution in [-0.4, -0.2) is 48.9 Å². The number of hydrogen-bond donors (Lipinski definition) is 2. The SMILES string of the molecule is CCC(NC(=O)CNC(=O)c1ccccc1)c1ccccc1OCC(=O)N1CCCC1. The molecule has 2 aromatic rings. The second-order valence-corrected chi connectivity index (χ2v) is 7.49. The van der Waals surface area contributed by atoms with Crippen molar-refractivity contribution in [2.75, 3.05) is 26.2 Å². The van der Waals surface area contributed by atoms with Gasteiger partial charge in [-0.2, -0.15) is 0 Å². The van der Waals surface area contributed by atoms with Gasteiger partial charge < -0.3 is 20.3 Å². The molecule has 1 aliphatic rings. The lowest BCUT2D eigenvalue weighted by molar-refractivity contribution is -0.132. The summed E-state index contributed by atoms with van der Waals surface area (Å²) in [6.07, 6.45) is 2.71. The van der Waals surface area contributed by atoms with Gasteiger partial charge in [0, 0.05) is 24.2 Å². The Morgan fingerprint density at radius 1 is 1.00 bits per heavy atom. The first-order valence-electron chi connectivity index (χ1n) is 10.7. The van der Waals surface area contributed by atoms with Crippen LogP contribution in [0.4, 0.5) is 0 Å². The van der Waals surface area contributed by atoms with Crippen LogP contribution in [0.2, 0.25) is 0 Å². The van der Waals surface area contributed by atoms with E-state index in [1.165, 1.54) is 0 Å². The fourth-order valence-corrected chi connectivity index (χ4v) is 3.59. The predicted molar refractivity (Wildman–Crippen MR) is 118 cm³/mol. The number of hydrogen-bond acceptors (Lipinski definition) is 4. The molecule has 0 saturated carbocycles. The van der Waals surface area contributed by atoms with Crippen molar-refractivity contribution < 1.29 is 19.1 Å². The molecular weight excluding hydrogens is 394 g/mol. The third-order valence-electron chi connectivity index (χ3n) is 5.29. The molecule has 164 valence electrons. The first-order valence-corrected chi connectivity index (χ1v) is 10.7. The molecule has 2 aromatic carbocycles. The standard InChI is InChI=1S/C24H29N3O4/c1-2-20(26-22(28)16-25-24(30)18-10-4-3-5-11-18)19-12-6-7-13-21(19)31-17-23(29)27-14-8-9-15-27/h3-7,10-13,20H,2,8-9,14-17H2,1H3,(H,25,30)(H,26,28). The van der Waals surface area contributed by atoms with Crippen molar-refractivity contribution in [3.05, 3.63) is 65.7 Å². The van der Waals surface area contributed by atoms with E-state index in [0.717, 1.165) is 31.5 Å². The van der Waals surface area contributed by atoms with Crippen LogP contribution in [-0.2, 0) is 9.59 Å². The van der Waals surface area contributed by atoms with Gasteiger partial charge in [0.15, 0.2) is 6.61 Å². The third kappa shape index (κ3) is 6.31. The minimum atomic E-state index is -0.298. The van der Waals surface area contributed by atoms with E-state index in [4.69, 9.17) is 4.74 Å². The normalized spacial score (nSPS) is 14.0. The van der Waals surface area contributed by atoms with Crippen molar-refractivity contribution in [1.29, 1.82) is 0 Å². The fraction of sp³-hybridized carbons (Fsp3) is 0.375. The van der Waals surface area contributed by atoms with Gasteiger partial charge in [-0.05, 0) is 37.5 Å². The quantitative estimate of drug-likeness (QED) is 0.649. The average Bonchev–Trinajstić information content (AvgIpc) is 3.35. The molecule has 1 unspecified atom stereocenters. The van der Waals surface area contributed by atoms with Crippen LogP contribution >= 0.6 is 0 Å². The van der Waals surface area contributed by atoms with Crippen molar-refractivity contribution in [3.8, 4) is 5.75 Å². The lowest BCUT2D eigenvalue weighted by atomic mass is 10.0. The first-order chi connectivity index (χ1) is 15.1. The maximum Gasteiger partial charge on any atom is 0.260 e. The smallest absolute Gasteiger partial charge is 0.260 e.